The highest BCUT2D eigenvalue weighted by atomic mass is 19.2. The van der Waals surface area contributed by atoms with Crippen LogP contribution in [0, 0.1) is 17.6 Å². The van der Waals surface area contributed by atoms with E-state index in [2.05, 4.69) is 5.43 Å². The fourth-order valence-electron chi connectivity index (χ4n) is 3.25. The first-order valence-electron chi connectivity index (χ1n) is 7.70. The summed E-state index contributed by atoms with van der Waals surface area (Å²) in [6, 6.07) is 3.58. The first-order valence-corrected chi connectivity index (χ1v) is 7.70. The number of halogens is 2. The second kappa shape index (κ2) is 7.82. The molecule has 2 rings (SSSR count). The number of hydrogen-bond acceptors (Lipinski definition) is 3. The van der Waals surface area contributed by atoms with E-state index in [1.54, 1.807) is 6.07 Å². The minimum atomic E-state index is -0.855. The SMILES string of the molecule is CCOC(C1CCCCC1)C(NN)c1ccc(F)c(F)c1. The molecule has 0 radical (unpaired) electrons. The van der Waals surface area contributed by atoms with Crippen molar-refractivity contribution in [2.45, 2.75) is 51.2 Å². The van der Waals surface area contributed by atoms with Crippen molar-refractivity contribution in [2.24, 2.45) is 11.8 Å². The molecular formula is C16H24F2N2O. The van der Waals surface area contributed by atoms with Crippen molar-refractivity contribution < 1.29 is 13.5 Å². The molecule has 118 valence electrons. The van der Waals surface area contributed by atoms with Crippen molar-refractivity contribution in [1.29, 1.82) is 0 Å². The highest BCUT2D eigenvalue weighted by Crippen LogP contribution is 2.34. The van der Waals surface area contributed by atoms with E-state index in [0.29, 0.717) is 18.1 Å². The Balaban J connectivity index is 2.23. The van der Waals surface area contributed by atoms with Gasteiger partial charge in [0.15, 0.2) is 11.6 Å². The van der Waals surface area contributed by atoms with E-state index in [1.807, 2.05) is 6.92 Å². The number of nitrogens with two attached hydrogens (primary N) is 1. The highest BCUT2D eigenvalue weighted by molar-refractivity contribution is 5.22. The van der Waals surface area contributed by atoms with Gasteiger partial charge in [-0.2, -0.15) is 0 Å². The summed E-state index contributed by atoms with van der Waals surface area (Å²) in [5.41, 5.74) is 3.36. The van der Waals surface area contributed by atoms with E-state index in [0.717, 1.165) is 18.9 Å². The lowest BCUT2D eigenvalue weighted by Gasteiger charge is -2.35. The van der Waals surface area contributed by atoms with E-state index in [4.69, 9.17) is 10.6 Å². The third-order valence-electron chi connectivity index (χ3n) is 4.28. The van der Waals surface area contributed by atoms with Crippen molar-refractivity contribution in [3.63, 3.8) is 0 Å². The van der Waals surface area contributed by atoms with Gasteiger partial charge < -0.3 is 4.74 Å². The minimum Gasteiger partial charge on any atom is -0.376 e. The maximum absolute atomic E-state index is 13.5. The van der Waals surface area contributed by atoms with Crippen LogP contribution in [0.25, 0.3) is 0 Å². The fraction of sp³-hybridized carbons (Fsp3) is 0.625. The van der Waals surface area contributed by atoms with Crippen molar-refractivity contribution >= 4 is 0 Å². The lowest BCUT2D eigenvalue weighted by atomic mass is 9.81. The van der Waals surface area contributed by atoms with E-state index >= 15 is 0 Å². The van der Waals surface area contributed by atoms with Crippen LogP contribution in [0.4, 0.5) is 8.78 Å². The van der Waals surface area contributed by atoms with Gasteiger partial charge in [-0.05, 0) is 43.4 Å². The predicted octanol–water partition coefficient (Wildman–Crippen LogP) is 3.45. The Labute approximate surface area is 124 Å². The Hall–Kier alpha value is -1.04. The lowest BCUT2D eigenvalue weighted by Crippen LogP contribution is -2.42. The summed E-state index contributed by atoms with van der Waals surface area (Å²) in [7, 11) is 0. The van der Waals surface area contributed by atoms with Gasteiger partial charge in [0.25, 0.3) is 0 Å². The van der Waals surface area contributed by atoms with Gasteiger partial charge in [0, 0.05) is 6.61 Å². The predicted molar refractivity (Wildman–Crippen MR) is 78.4 cm³/mol. The van der Waals surface area contributed by atoms with Crippen molar-refractivity contribution in [3.8, 4) is 0 Å². The van der Waals surface area contributed by atoms with Crippen LogP contribution >= 0.6 is 0 Å². The molecule has 1 aromatic carbocycles. The molecule has 0 aromatic heterocycles. The third-order valence-corrected chi connectivity index (χ3v) is 4.28. The molecule has 0 heterocycles. The van der Waals surface area contributed by atoms with Crippen molar-refractivity contribution in [3.05, 3.63) is 35.4 Å². The molecule has 5 heteroatoms. The van der Waals surface area contributed by atoms with Crippen molar-refractivity contribution in [1.82, 2.24) is 5.43 Å². The first-order chi connectivity index (χ1) is 10.2. The molecular weight excluding hydrogens is 274 g/mol. The van der Waals surface area contributed by atoms with Crippen LogP contribution < -0.4 is 11.3 Å². The Kier molecular flexibility index (Phi) is 6.08. The van der Waals surface area contributed by atoms with Gasteiger partial charge >= 0.3 is 0 Å². The summed E-state index contributed by atoms with van der Waals surface area (Å²) < 4.78 is 32.5. The van der Waals surface area contributed by atoms with Crippen molar-refractivity contribution in [2.75, 3.05) is 6.61 Å². The zero-order chi connectivity index (χ0) is 15.2. The highest BCUT2D eigenvalue weighted by Gasteiger charge is 2.32. The van der Waals surface area contributed by atoms with E-state index < -0.39 is 11.6 Å². The lowest BCUT2D eigenvalue weighted by molar-refractivity contribution is -0.0184. The molecule has 0 bridgehead atoms. The molecule has 3 nitrogen and oxygen atoms in total. The van der Waals surface area contributed by atoms with Crippen LogP contribution in [0.3, 0.4) is 0 Å². The molecule has 0 spiro atoms. The zero-order valence-corrected chi connectivity index (χ0v) is 12.4. The average Bonchev–Trinajstić information content (AvgIpc) is 2.51. The van der Waals surface area contributed by atoms with E-state index in [-0.39, 0.29) is 12.1 Å². The molecule has 3 N–H and O–H groups in total. The van der Waals surface area contributed by atoms with Crippen LogP contribution in [0.1, 0.15) is 50.6 Å². The number of ether oxygens (including phenoxy) is 1. The second-order valence-electron chi connectivity index (χ2n) is 5.64. The Morgan fingerprint density at radius 2 is 1.95 bits per heavy atom. The number of rotatable bonds is 6. The molecule has 21 heavy (non-hydrogen) atoms. The Bertz CT molecular complexity index is 450. The van der Waals surface area contributed by atoms with Gasteiger partial charge in [-0.15, -0.1) is 0 Å². The average molecular weight is 298 g/mol. The number of nitrogens with one attached hydrogen (secondary N) is 1. The van der Waals surface area contributed by atoms with E-state index in [9.17, 15) is 8.78 Å². The van der Waals surface area contributed by atoms with Gasteiger partial charge in [0.1, 0.15) is 0 Å². The first kappa shape index (κ1) is 16.3. The fourth-order valence-corrected chi connectivity index (χ4v) is 3.25. The van der Waals surface area contributed by atoms with Crippen LogP contribution in [0.15, 0.2) is 18.2 Å². The summed E-state index contributed by atoms with van der Waals surface area (Å²) in [5, 5.41) is 0. The summed E-state index contributed by atoms with van der Waals surface area (Å²) >= 11 is 0. The molecule has 2 unspecified atom stereocenters. The smallest absolute Gasteiger partial charge is 0.159 e. The maximum Gasteiger partial charge on any atom is 0.159 e. The minimum absolute atomic E-state index is 0.120. The zero-order valence-electron chi connectivity index (χ0n) is 12.4. The Morgan fingerprint density at radius 3 is 2.52 bits per heavy atom. The number of hydrogen-bond donors (Lipinski definition) is 2. The molecule has 0 aliphatic heterocycles. The standard InChI is InChI=1S/C16H24F2N2O/c1-2-21-16(11-6-4-3-5-7-11)15(20-19)12-8-9-13(17)14(18)10-12/h8-11,15-16,20H,2-7,19H2,1H3. The largest absolute Gasteiger partial charge is 0.376 e. The second-order valence-corrected chi connectivity index (χ2v) is 5.64. The quantitative estimate of drug-likeness (QED) is 0.624. The van der Waals surface area contributed by atoms with Crippen LogP contribution in [-0.2, 0) is 4.74 Å². The molecule has 1 aliphatic rings. The van der Waals surface area contributed by atoms with Crippen LogP contribution in [0.5, 0.6) is 0 Å². The molecule has 2 atom stereocenters. The van der Waals surface area contributed by atoms with Gasteiger partial charge in [-0.3, -0.25) is 11.3 Å². The number of benzene rings is 1. The van der Waals surface area contributed by atoms with Gasteiger partial charge in [0.2, 0.25) is 0 Å². The van der Waals surface area contributed by atoms with Crippen LogP contribution in [-0.4, -0.2) is 12.7 Å². The number of hydrazine groups is 1. The topological polar surface area (TPSA) is 47.3 Å². The summed E-state index contributed by atoms with van der Waals surface area (Å²) in [4.78, 5) is 0. The van der Waals surface area contributed by atoms with Gasteiger partial charge in [0.05, 0.1) is 12.1 Å². The molecule has 1 aromatic rings. The molecule has 1 saturated carbocycles. The molecule has 0 amide bonds. The third kappa shape index (κ3) is 3.99. The van der Waals surface area contributed by atoms with Gasteiger partial charge in [-0.25, -0.2) is 8.78 Å². The van der Waals surface area contributed by atoms with Crippen LogP contribution in [0.2, 0.25) is 0 Å². The van der Waals surface area contributed by atoms with E-state index in [1.165, 1.54) is 25.3 Å². The summed E-state index contributed by atoms with van der Waals surface area (Å²) in [5.74, 6) is 4.38. The van der Waals surface area contributed by atoms with Gasteiger partial charge in [-0.1, -0.05) is 25.3 Å². The maximum atomic E-state index is 13.5. The molecule has 1 fully saturated rings. The molecule has 0 saturated heterocycles. The normalized spacial score (nSPS) is 19.4. The summed E-state index contributed by atoms with van der Waals surface area (Å²) in [6.45, 7) is 2.51. The monoisotopic (exact) mass is 298 g/mol. The Morgan fingerprint density at radius 1 is 1.24 bits per heavy atom. The molecule has 1 aliphatic carbocycles. The summed E-state index contributed by atoms with van der Waals surface area (Å²) in [6.07, 6.45) is 5.68.